The number of nitrogens with zero attached hydrogens (tertiary/aromatic N) is 2. The van der Waals surface area contributed by atoms with Crippen LogP contribution in [0, 0.1) is 0 Å². The summed E-state index contributed by atoms with van der Waals surface area (Å²) in [6.07, 6.45) is 0. The molecule has 0 spiro atoms. The number of aromatic amines is 2. The maximum Gasteiger partial charge on any atom is 0.330 e. The number of ether oxygens (including phenoxy) is 1. The number of anilines is 1. The third-order valence-electron chi connectivity index (χ3n) is 2.56. The molecule has 20 heavy (non-hydrogen) atoms. The second-order valence-corrected chi connectivity index (χ2v) is 3.94. The molecule has 4 N–H and O–H groups in total. The van der Waals surface area contributed by atoms with Crippen molar-refractivity contribution in [3.05, 3.63) is 20.8 Å². The zero-order valence-corrected chi connectivity index (χ0v) is 10.6. The van der Waals surface area contributed by atoms with Crippen molar-refractivity contribution in [3.8, 4) is 0 Å². The first-order valence-electron chi connectivity index (χ1n) is 5.70. The molecule has 0 aliphatic heterocycles. The predicted molar refractivity (Wildman–Crippen MR) is 69.0 cm³/mol. The van der Waals surface area contributed by atoms with Crippen LogP contribution in [0.2, 0.25) is 0 Å². The van der Waals surface area contributed by atoms with Gasteiger partial charge in [0.05, 0.1) is 13.2 Å². The fourth-order valence-electron chi connectivity index (χ4n) is 1.67. The summed E-state index contributed by atoms with van der Waals surface area (Å²) in [4.78, 5) is 42.7. The first-order valence-corrected chi connectivity index (χ1v) is 5.70. The largest absolute Gasteiger partial charge is 0.480 e. The van der Waals surface area contributed by atoms with Gasteiger partial charge in [0.25, 0.3) is 5.56 Å². The number of imidazole rings is 1. The van der Waals surface area contributed by atoms with E-state index in [0.717, 1.165) is 0 Å². The summed E-state index contributed by atoms with van der Waals surface area (Å²) in [6.45, 7) is 0.123. The van der Waals surface area contributed by atoms with Crippen molar-refractivity contribution < 1.29 is 14.6 Å². The normalized spacial score (nSPS) is 10.8. The molecule has 0 unspecified atom stereocenters. The minimum atomic E-state index is -1.07. The van der Waals surface area contributed by atoms with E-state index >= 15 is 0 Å². The van der Waals surface area contributed by atoms with Crippen LogP contribution >= 0.6 is 0 Å². The second kappa shape index (κ2) is 5.57. The summed E-state index contributed by atoms with van der Waals surface area (Å²) in [7, 11) is 1.48. The van der Waals surface area contributed by atoms with E-state index in [1.54, 1.807) is 0 Å². The third-order valence-corrected chi connectivity index (χ3v) is 2.56. The molecule has 0 radical (unpaired) electrons. The van der Waals surface area contributed by atoms with Gasteiger partial charge in [-0.05, 0) is 0 Å². The number of carbonyl (C=O) groups is 1. The van der Waals surface area contributed by atoms with Gasteiger partial charge in [0.1, 0.15) is 6.54 Å². The molecule has 0 fully saturated rings. The fraction of sp³-hybridized carbons (Fsp3) is 0.400. The van der Waals surface area contributed by atoms with E-state index in [0.29, 0.717) is 0 Å². The summed E-state index contributed by atoms with van der Waals surface area (Å²) in [5.41, 5.74) is -0.984. The number of nitrogens with one attached hydrogen (secondary N) is 3. The van der Waals surface area contributed by atoms with Crippen LogP contribution in [0.15, 0.2) is 9.59 Å². The van der Waals surface area contributed by atoms with Crippen molar-refractivity contribution in [2.24, 2.45) is 0 Å². The number of carboxylic acids is 1. The highest BCUT2D eigenvalue weighted by Gasteiger charge is 2.13. The molecule has 10 heteroatoms. The van der Waals surface area contributed by atoms with Crippen molar-refractivity contribution in [3.63, 3.8) is 0 Å². The van der Waals surface area contributed by atoms with Crippen molar-refractivity contribution in [1.82, 2.24) is 19.5 Å². The number of fused-ring (bicyclic) bond motifs is 1. The average Bonchev–Trinajstić information content (AvgIpc) is 2.80. The van der Waals surface area contributed by atoms with Crippen LogP contribution < -0.4 is 16.6 Å². The van der Waals surface area contributed by atoms with E-state index in [1.807, 2.05) is 0 Å². The highest BCUT2D eigenvalue weighted by atomic mass is 16.5. The molecule has 108 valence electrons. The topological polar surface area (TPSA) is 142 Å². The molecular weight excluding hydrogens is 270 g/mol. The number of methoxy groups -OCH3 is 1. The Morgan fingerprint density at radius 2 is 2.20 bits per heavy atom. The van der Waals surface area contributed by atoms with Gasteiger partial charge in [-0.15, -0.1) is 0 Å². The maximum absolute atomic E-state index is 11.7. The quantitative estimate of drug-likeness (QED) is 0.508. The SMILES string of the molecule is COCCn1c(=O)[nH]c(=O)c2[nH]c(NCC(=O)O)nc21. The van der Waals surface area contributed by atoms with E-state index in [9.17, 15) is 14.4 Å². The molecular formula is C10H13N5O5. The van der Waals surface area contributed by atoms with Gasteiger partial charge in [0, 0.05) is 7.11 Å². The Labute approximate surface area is 111 Å². The molecule has 0 aliphatic carbocycles. The smallest absolute Gasteiger partial charge is 0.330 e. The molecule has 2 heterocycles. The van der Waals surface area contributed by atoms with E-state index in [4.69, 9.17) is 9.84 Å². The minimum Gasteiger partial charge on any atom is -0.480 e. The van der Waals surface area contributed by atoms with E-state index in [1.165, 1.54) is 11.7 Å². The molecule has 0 atom stereocenters. The lowest BCUT2D eigenvalue weighted by atomic mass is 10.5. The van der Waals surface area contributed by atoms with Crippen molar-refractivity contribution >= 4 is 23.1 Å². The van der Waals surface area contributed by atoms with Gasteiger partial charge >= 0.3 is 11.7 Å². The lowest BCUT2D eigenvalue weighted by Gasteiger charge is -2.04. The first-order chi connectivity index (χ1) is 9.52. The van der Waals surface area contributed by atoms with Crippen LogP contribution in [0.25, 0.3) is 11.2 Å². The molecule has 10 nitrogen and oxygen atoms in total. The molecule has 2 aromatic heterocycles. The molecule has 0 bridgehead atoms. The van der Waals surface area contributed by atoms with Gasteiger partial charge in [-0.3, -0.25) is 19.1 Å². The number of rotatable bonds is 6. The fourth-order valence-corrected chi connectivity index (χ4v) is 1.67. The van der Waals surface area contributed by atoms with Crippen LogP contribution in [-0.4, -0.2) is 50.9 Å². The monoisotopic (exact) mass is 283 g/mol. The molecule has 2 rings (SSSR count). The highest BCUT2D eigenvalue weighted by molar-refractivity contribution is 5.75. The predicted octanol–water partition coefficient (Wildman–Crippen LogP) is -1.44. The number of carboxylic acid groups (broad SMARTS) is 1. The molecule has 0 amide bonds. The van der Waals surface area contributed by atoms with E-state index < -0.39 is 17.2 Å². The summed E-state index contributed by atoms with van der Waals surface area (Å²) >= 11 is 0. The van der Waals surface area contributed by atoms with Gasteiger partial charge in [0.2, 0.25) is 5.95 Å². The molecule has 0 aliphatic rings. The van der Waals surface area contributed by atoms with Crippen LogP contribution in [0.4, 0.5) is 5.95 Å². The number of hydrogen-bond donors (Lipinski definition) is 4. The Kier molecular flexibility index (Phi) is 3.84. The summed E-state index contributed by atoms with van der Waals surface area (Å²) in [5, 5.41) is 11.1. The summed E-state index contributed by atoms with van der Waals surface area (Å²) < 4.78 is 6.12. The lowest BCUT2D eigenvalue weighted by Crippen LogP contribution is -2.31. The Balaban J connectivity index is 2.48. The van der Waals surface area contributed by atoms with Gasteiger partial charge in [-0.25, -0.2) is 4.79 Å². The molecule has 2 aromatic rings. The van der Waals surface area contributed by atoms with Gasteiger partial charge < -0.3 is 20.1 Å². The van der Waals surface area contributed by atoms with Crippen LogP contribution in [0.1, 0.15) is 0 Å². The first kappa shape index (κ1) is 13.8. The maximum atomic E-state index is 11.7. The van der Waals surface area contributed by atoms with E-state index in [-0.39, 0.29) is 36.8 Å². The Morgan fingerprint density at radius 3 is 2.85 bits per heavy atom. The van der Waals surface area contributed by atoms with Crippen LogP contribution in [0.5, 0.6) is 0 Å². The van der Waals surface area contributed by atoms with Gasteiger partial charge in [-0.1, -0.05) is 0 Å². The van der Waals surface area contributed by atoms with Crippen molar-refractivity contribution in [1.29, 1.82) is 0 Å². The van der Waals surface area contributed by atoms with Crippen molar-refractivity contribution in [2.75, 3.05) is 25.6 Å². The Bertz CT molecular complexity index is 743. The standard InChI is InChI=1S/C10H13N5O5/c1-20-3-2-15-7-6(8(18)14-10(15)19)12-9(13-7)11-4-5(16)17/h2-4H2,1H3,(H,16,17)(H2,11,12,13)(H,14,18,19). The van der Waals surface area contributed by atoms with Crippen LogP contribution in [0.3, 0.4) is 0 Å². The summed E-state index contributed by atoms with van der Waals surface area (Å²) in [5.74, 6) is -0.971. The number of H-pyrrole nitrogens is 2. The Morgan fingerprint density at radius 1 is 1.45 bits per heavy atom. The number of hydrogen-bond acceptors (Lipinski definition) is 6. The average molecular weight is 283 g/mol. The second-order valence-electron chi connectivity index (χ2n) is 3.94. The van der Waals surface area contributed by atoms with Crippen molar-refractivity contribution in [2.45, 2.75) is 6.54 Å². The van der Waals surface area contributed by atoms with Crippen LogP contribution in [-0.2, 0) is 16.1 Å². The molecule has 0 saturated heterocycles. The third kappa shape index (κ3) is 2.69. The van der Waals surface area contributed by atoms with E-state index in [2.05, 4.69) is 20.3 Å². The molecule has 0 aromatic carbocycles. The zero-order valence-electron chi connectivity index (χ0n) is 10.6. The zero-order chi connectivity index (χ0) is 14.7. The minimum absolute atomic E-state index is 0.0913. The highest BCUT2D eigenvalue weighted by Crippen LogP contribution is 2.08. The molecule has 0 saturated carbocycles. The van der Waals surface area contributed by atoms with Gasteiger partial charge in [0.15, 0.2) is 11.2 Å². The number of aromatic nitrogens is 4. The number of aliphatic carboxylic acids is 1. The Hall–Kier alpha value is -2.62. The summed E-state index contributed by atoms with van der Waals surface area (Å²) in [6, 6.07) is 0. The lowest BCUT2D eigenvalue weighted by molar-refractivity contribution is -0.134. The van der Waals surface area contributed by atoms with Gasteiger partial charge in [-0.2, -0.15) is 4.98 Å².